The van der Waals surface area contributed by atoms with E-state index in [4.69, 9.17) is 5.11 Å². The fraction of sp³-hybridized carbons (Fsp3) is 0.636. The number of piperidine rings is 1. The van der Waals surface area contributed by atoms with Crippen LogP contribution in [-0.4, -0.2) is 46.7 Å². The van der Waals surface area contributed by atoms with Gasteiger partial charge in [0, 0.05) is 25.8 Å². The van der Waals surface area contributed by atoms with Gasteiger partial charge in [0.15, 0.2) is 0 Å². The molecule has 1 atom stereocenters. The molecule has 0 aliphatic carbocycles. The summed E-state index contributed by atoms with van der Waals surface area (Å²) in [5.41, 5.74) is 0. The molecule has 1 aliphatic rings. The Morgan fingerprint density at radius 2 is 2.32 bits per heavy atom. The second kappa shape index (κ2) is 5.30. The van der Waals surface area contributed by atoms with Crippen LogP contribution in [0.4, 0.5) is 0 Å². The molecule has 0 saturated carbocycles. The van der Waals surface area contributed by atoms with Crippen molar-refractivity contribution in [1.82, 2.24) is 14.1 Å². The van der Waals surface area contributed by atoms with Gasteiger partial charge in [0.1, 0.15) is 4.90 Å². The first-order valence-electron chi connectivity index (χ1n) is 6.20. The largest absolute Gasteiger partial charge is 0.481 e. The number of hydrogen-bond donors (Lipinski definition) is 1. The number of rotatable bonds is 4. The third kappa shape index (κ3) is 2.79. The second-order valence-corrected chi connectivity index (χ2v) is 6.51. The van der Waals surface area contributed by atoms with Gasteiger partial charge < -0.3 is 5.11 Å². The molecule has 19 heavy (non-hydrogen) atoms. The molecule has 0 radical (unpaired) electrons. The molecule has 0 amide bonds. The van der Waals surface area contributed by atoms with E-state index in [2.05, 4.69) is 5.10 Å². The molecule has 1 aromatic rings. The molecule has 0 unspecified atom stereocenters. The lowest BCUT2D eigenvalue weighted by molar-refractivity contribution is -0.142. The molecule has 2 rings (SSSR count). The molecular weight excluding hydrogens is 270 g/mol. The first-order valence-corrected chi connectivity index (χ1v) is 7.64. The van der Waals surface area contributed by atoms with Crippen molar-refractivity contribution < 1.29 is 18.3 Å². The van der Waals surface area contributed by atoms with Crippen molar-refractivity contribution in [2.75, 3.05) is 13.1 Å². The van der Waals surface area contributed by atoms with Gasteiger partial charge in [-0.1, -0.05) is 0 Å². The minimum atomic E-state index is -3.63. The fourth-order valence-corrected chi connectivity index (χ4v) is 3.64. The summed E-state index contributed by atoms with van der Waals surface area (Å²) in [6, 6.07) is 0. The van der Waals surface area contributed by atoms with E-state index in [1.54, 1.807) is 0 Å². The summed E-state index contributed by atoms with van der Waals surface area (Å²) in [5, 5.41) is 12.9. The zero-order chi connectivity index (χ0) is 14.0. The summed E-state index contributed by atoms with van der Waals surface area (Å²) < 4.78 is 27.5. The Morgan fingerprint density at radius 3 is 2.89 bits per heavy atom. The molecule has 0 bridgehead atoms. The number of aryl methyl sites for hydroxylation is 1. The van der Waals surface area contributed by atoms with E-state index in [0.717, 1.165) is 0 Å². The van der Waals surface area contributed by atoms with Crippen LogP contribution in [0.1, 0.15) is 19.8 Å². The number of aliphatic carboxylic acids is 1. The molecule has 0 spiro atoms. The Kier molecular flexibility index (Phi) is 3.91. The van der Waals surface area contributed by atoms with E-state index < -0.39 is 21.9 Å². The highest BCUT2D eigenvalue weighted by atomic mass is 32.2. The topological polar surface area (TPSA) is 92.5 Å². The van der Waals surface area contributed by atoms with Gasteiger partial charge in [0.25, 0.3) is 0 Å². The average Bonchev–Trinajstić information content (AvgIpc) is 2.88. The van der Waals surface area contributed by atoms with E-state index in [0.29, 0.717) is 25.9 Å². The maximum Gasteiger partial charge on any atom is 0.307 e. The van der Waals surface area contributed by atoms with Crippen LogP contribution in [-0.2, 0) is 21.4 Å². The quantitative estimate of drug-likeness (QED) is 0.864. The molecular formula is C11H17N3O4S. The van der Waals surface area contributed by atoms with Crippen LogP contribution >= 0.6 is 0 Å². The fourth-order valence-electron chi connectivity index (χ4n) is 2.16. The summed E-state index contributed by atoms with van der Waals surface area (Å²) in [4.78, 5) is 11.1. The lowest BCUT2D eigenvalue weighted by Gasteiger charge is -2.29. The molecule has 1 aromatic heterocycles. The van der Waals surface area contributed by atoms with Crippen LogP contribution < -0.4 is 0 Å². The SMILES string of the molecule is CCn1cc(S(=O)(=O)N2CCC[C@@H](C(=O)O)C2)cn1. The van der Waals surface area contributed by atoms with Gasteiger partial charge in [0.05, 0.1) is 12.1 Å². The van der Waals surface area contributed by atoms with Gasteiger partial charge >= 0.3 is 5.97 Å². The Balaban J connectivity index is 2.21. The Labute approximate surface area is 111 Å². The number of nitrogens with zero attached hydrogens (tertiary/aromatic N) is 3. The number of carboxylic acid groups (broad SMARTS) is 1. The normalized spacial score (nSPS) is 21.4. The highest BCUT2D eigenvalue weighted by molar-refractivity contribution is 7.89. The van der Waals surface area contributed by atoms with Crippen molar-refractivity contribution in [3.63, 3.8) is 0 Å². The van der Waals surface area contributed by atoms with Gasteiger partial charge in [-0.2, -0.15) is 9.40 Å². The van der Waals surface area contributed by atoms with Gasteiger partial charge in [0.2, 0.25) is 10.0 Å². The number of carboxylic acids is 1. The van der Waals surface area contributed by atoms with E-state index >= 15 is 0 Å². The van der Waals surface area contributed by atoms with Crippen molar-refractivity contribution in [2.45, 2.75) is 31.2 Å². The summed E-state index contributed by atoms with van der Waals surface area (Å²) in [7, 11) is -3.63. The van der Waals surface area contributed by atoms with Gasteiger partial charge in [-0.3, -0.25) is 9.48 Å². The lowest BCUT2D eigenvalue weighted by atomic mass is 10.0. The van der Waals surface area contributed by atoms with Crippen LogP contribution in [0.15, 0.2) is 17.3 Å². The zero-order valence-electron chi connectivity index (χ0n) is 10.7. The van der Waals surface area contributed by atoms with Crippen molar-refractivity contribution in [3.8, 4) is 0 Å². The molecule has 7 nitrogen and oxygen atoms in total. The third-order valence-corrected chi connectivity index (χ3v) is 5.12. The maximum absolute atomic E-state index is 12.4. The monoisotopic (exact) mass is 287 g/mol. The molecule has 106 valence electrons. The predicted octanol–water partition coefficient (Wildman–Crippen LogP) is 0.388. The smallest absolute Gasteiger partial charge is 0.307 e. The standard InChI is InChI=1S/C11H17N3O4S/c1-2-13-8-10(6-12-13)19(17,18)14-5-3-4-9(7-14)11(15)16/h6,8-9H,2-5,7H2,1H3,(H,15,16)/t9-/m1/s1. The first kappa shape index (κ1) is 14.0. The van der Waals surface area contributed by atoms with E-state index in [1.807, 2.05) is 6.92 Å². The van der Waals surface area contributed by atoms with E-state index in [-0.39, 0.29) is 11.4 Å². The molecule has 1 N–H and O–H groups in total. The molecule has 1 fully saturated rings. The summed E-state index contributed by atoms with van der Waals surface area (Å²) in [5.74, 6) is -1.56. The average molecular weight is 287 g/mol. The van der Waals surface area contributed by atoms with Crippen LogP contribution in [0.5, 0.6) is 0 Å². The Bertz CT molecular complexity index is 566. The van der Waals surface area contributed by atoms with Crippen LogP contribution in [0.3, 0.4) is 0 Å². The lowest BCUT2D eigenvalue weighted by Crippen LogP contribution is -2.42. The van der Waals surface area contributed by atoms with Crippen molar-refractivity contribution in [3.05, 3.63) is 12.4 Å². The zero-order valence-corrected chi connectivity index (χ0v) is 11.5. The molecule has 1 saturated heterocycles. The molecule has 2 heterocycles. The molecule has 8 heteroatoms. The number of aromatic nitrogens is 2. The van der Waals surface area contributed by atoms with Gasteiger partial charge in [-0.05, 0) is 19.8 Å². The molecule has 0 aromatic carbocycles. The van der Waals surface area contributed by atoms with Crippen molar-refractivity contribution >= 4 is 16.0 Å². The van der Waals surface area contributed by atoms with E-state index in [1.165, 1.54) is 21.4 Å². The number of carbonyl (C=O) groups is 1. The van der Waals surface area contributed by atoms with Crippen LogP contribution in [0.25, 0.3) is 0 Å². The van der Waals surface area contributed by atoms with Crippen LogP contribution in [0.2, 0.25) is 0 Å². The summed E-state index contributed by atoms with van der Waals surface area (Å²) in [6.45, 7) is 2.86. The number of hydrogen-bond acceptors (Lipinski definition) is 4. The Morgan fingerprint density at radius 1 is 1.58 bits per heavy atom. The van der Waals surface area contributed by atoms with Crippen molar-refractivity contribution in [1.29, 1.82) is 0 Å². The summed E-state index contributed by atoms with van der Waals surface area (Å²) >= 11 is 0. The third-order valence-electron chi connectivity index (χ3n) is 3.30. The van der Waals surface area contributed by atoms with Gasteiger partial charge in [-0.25, -0.2) is 8.42 Å². The van der Waals surface area contributed by atoms with Crippen LogP contribution in [0, 0.1) is 5.92 Å². The maximum atomic E-state index is 12.4. The van der Waals surface area contributed by atoms with E-state index in [9.17, 15) is 13.2 Å². The van der Waals surface area contributed by atoms with Crippen molar-refractivity contribution in [2.24, 2.45) is 5.92 Å². The summed E-state index contributed by atoms with van der Waals surface area (Å²) in [6.07, 6.45) is 3.87. The predicted molar refractivity (Wildman–Crippen MR) is 67.0 cm³/mol. The van der Waals surface area contributed by atoms with Gasteiger partial charge in [-0.15, -0.1) is 0 Å². The highest BCUT2D eigenvalue weighted by Crippen LogP contribution is 2.23. The minimum Gasteiger partial charge on any atom is -0.481 e. The first-order chi connectivity index (χ1) is 8.95. The second-order valence-electron chi connectivity index (χ2n) is 4.57. The molecule has 1 aliphatic heterocycles. The minimum absolute atomic E-state index is 0.0367. The highest BCUT2D eigenvalue weighted by Gasteiger charge is 2.33. The number of sulfonamides is 1. The Hall–Kier alpha value is -1.41.